The van der Waals surface area contributed by atoms with Gasteiger partial charge in [0.25, 0.3) is 0 Å². The van der Waals surface area contributed by atoms with Crippen molar-refractivity contribution in [3.63, 3.8) is 0 Å². The van der Waals surface area contributed by atoms with Crippen LogP contribution in [0.2, 0.25) is 0 Å². The summed E-state index contributed by atoms with van der Waals surface area (Å²) in [4.78, 5) is 2.20. The van der Waals surface area contributed by atoms with Crippen LogP contribution < -0.4 is 10.6 Å². The number of rotatable bonds is 1. The number of hydrogen-bond acceptors (Lipinski definition) is 3. The average molecular weight is 206 g/mol. The molecule has 82 valence electrons. The molecule has 0 spiro atoms. The van der Waals surface area contributed by atoms with Crippen LogP contribution in [0.4, 0.5) is 11.4 Å². The molecule has 0 aliphatic carbocycles. The SMILES string of the molecule is CC1CCN(c2cccc(N)c2)CC1O. The highest BCUT2D eigenvalue weighted by atomic mass is 16.3. The molecule has 3 N–H and O–H groups in total. The Labute approximate surface area is 90.5 Å². The predicted octanol–water partition coefficient (Wildman–Crippen LogP) is 1.48. The van der Waals surface area contributed by atoms with Gasteiger partial charge >= 0.3 is 0 Å². The van der Waals surface area contributed by atoms with Crippen molar-refractivity contribution in [3.05, 3.63) is 24.3 Å². The van der Waals surface area contributed by atoms with E-state index in [0.29, 0.717) is 12.5 Å². The zero-order chi connectivity index (χ0) is 10.8. The molecule has 2 unspecified atom stereocenters. The number of hydrogen-bond donors (Lipinski definition) is 2. The van der Waals surface area contributed by atoms with Crippen molar-refractivity contribution in [1.29, 1.82) is 0 Å². The van der Waals surface area contributed by atoms with E-state index in [2.05, 4.69) is 11.8 Å². The lowest BCUT2D eigenvalue weighted by Gasteiger charge is -2.35. The van der Waals surface area contributed by atoms with Gasteiger partial charge in [-0.3, -0.25) is 0 Å². The first-order chi connectivity index (χ1) is 7.16. The summed E-state index contributed by atoms with van der Waals surface area (Å²) in [5, 5.41) is 9.81. The zero-order valence-electron chi connectivity index (χ0n) is 9.06. The maximum atomic E-state index is 9.81. The molecule has 0 aromatic heterocycles. The highest BCUT2D eigenvalue weighted by Gasteiger charge is 2.24. The van der Waals surface area contributed by atoms with Gasteiger partial charge in [-0.25, -0.2) is 0 Å². The molecule has 1 fully saturated rings. The number of nitrogen functional groups attached to an aromatic ring is 1. The largest absolute Gasteiger partial charge is 0.399 e. The van der Waals surface area contributed by atoms with Crippen molar-refractivity contribution in [2.45, 2.75) is 19.4 Å². The van der Waals surface area contributed by atoms with Crippen molar-refractivity contribution < 1.29 is 5.11 Å². The van der Waals surface area contributed by atoms with E-state index in [0.717, 1.165) is 24.3 Å². The Kier molecular flexibility index (Phi) is 2.82. The van der Waals surface area contributed by atoms with Gasteiger partial charge in [-0.15, -0.1) is 0 Å². The van der Waals surface area contributed by atoms with E-state index in [1.807, 2.05) is 24.3 Å². The first-order valence-corrected chi connectivity index (χ1v) is 5.45. The average Bonchev–Trinajstić information content (AvgIpc) is 2.22. The smallest absolute Gasteiger partial charge is 0.0741 e. The number of piperidine rings is 1. The van der Waals surface area contributed by atoms with Crippen molar-refractivity contribution in [2.24, 2.45) is 5.92 Å². The monoisotopic (exact) mass is 206 g/mol. The normalized spacial score (nSPS) is 26.7. The number of nitrogens with two attached hydrogens (primary N) is 1. The molecule has 0 bridgehead atoms. The first-order valence-electron chi connectivity index (χ1n) is 5.45. The van der Waals surface area contributed by atoms with Crippen molar-refractivity contribution in [1.82, 2.24) is 0 Å². The van der Waals surface area contributed by atoms with Crippen LogP contribution in [-0.4, -0.2) is 24.3 Å². The quantitative estimate of drug-likeness (QED) is 0.684. The zero-order valence-corrected chi connectivity index (χ0v) is 9.06. The molecule has 3 heteroatoms. The van der Waals surface area contributed by atoms with Crippen molar-refractivity contribution >= 4 is 11.4 Å². The second-order valence-electron chi connectivity index (χ2n) is 4.37. The Morgan fingerprint density at radius 2 is 2.27 bits per heavy atom. The van der Waals surface area contributed by atoms with E-state index in [-0.39, 0.29) is 6.10 Å². The van der Waals surface area contributed by atoms with Crippen LogP contribution in [0.5, 0.6) is 0 Å². The van der Waals surface area contributed by atoms with Gasteiger partial charge in [-0.1, -0.05) is 13.0 Å². The maximum absolute atomic E-state index is 9.81. The van der Waals surface area contributed by atoms with Gasteiger partial charge in [0.05, 0.1) is 6.10 Å². The van der Waals surface area contributed by atoms with Gasteiger partial charge in [-0.2, -0.15) is 0 Å². The molecule has 1 heterocycles. The molecule has 3 nitrogen and oxygen atoms in total. The minimum absolute atomic E-state index is 0.222. The minimum Gasteiger partial charge on any atom is -0.399 e. The Morgan fingerprint density at radius 3 is 2.93 bits per heavy atom. The molecular weight excluding hydrogens is 188 g/mol. The fourth-order valence-electron chi connectivity index (χ4n) is 2.00. The van der Waals surface area contributed by atoms with Crippen LogP contribution in [0.25, 0.3) is 0 Å². The molecule has 0 radical (unpaired) electrons. The molecule has 1 aromatic carbocycles. The van der Waals surface area contributed by atoms with Gasteiger partial charge in [0.2, 0.25) is 0 Å². The Bertz CT molecular complexity index is 340. The molecular formula is C12H18N2O. The van der Waals surface area contributed by atoms with Gasteiger partial charge < -0.3 is 15.7 Å². The summed E-state index contributed by atoms with van der Waals surface area (Å²) in [5.74, 6) is 0.405. The summed E-state index contributed by atoms with van der Waals surface area (Å²) >= 11 is 0. The lowest BCUT2D eigenvalue weighted by atomic mass is 9.95. The molecule has 0 amide bonds. The van der Waals surface area contributed by atoms with E-state index in [1.54, 1.807) is 0 Å². The van der Waals surface area contributed by atoms with Gasteiger partial charge in [0.1, 0.15) is 0 Å². The third kappa shape index (κ3) is 2.23. The predicted molar refractivity (Wildman–Crippen MR) is 62.9 cm³/mol. The third-order valence-electron chi connectivity index (χ3n) is 3.15. The van der Waals surface area contributed by atoms with E-state index in [9.17, 15) is 5.11 Å². The summed E-state index contributed by atoms with van der Waals surface area (Å²) in [5.41, 5.74) is 7.63. The maximum Gasteiger partial charge on any atom is 0.0741 e. The molecule has 1 aliphatic rings. The molecule has 15 heavy (non-hydrogen) atoms. The van der Waals surface area contributed by atoms with Crippen molar-refractivity contribution in [2.75, 3.05) is 23.7 Å². The highest BCUT2D eigenvalue weighted by Crippen LogP contribution is 2.24. The summed E-state index contributed by atoms with van der Waals surface area (Å²) in [7, 11) is 0. The van der Waals surface area contributed by atoms with E-state index >= 15 is 0 Å². The highest BCUT2D eigenvalue weighted by molar-refractivity contribution is 5.56. The molecule has 2 atom stereocenters. The number of benzene rings is 1. The second kappa shape index (κ2) is 4.11. The molecule has 2 rings (SSSR count). The number of nitrogens with zero attached hydrogens (tertiary/aromatic N) is 1. The van der Waals surface area contributed by atoms with Crippen LogP contribution in [0.3, 0.4) is 0 Å². The Morgan fingerprint density at radius 1 is 1.47 bits per heavy atom. The van der Waals surface area contributed by atoms with Gasteiger partial charge in [0, 0.05) is 24.5 Å². The minimum atomic E-state index is -0.222. The molecule has 1 aromatic rings. The van der Waals surface area contributed by atoms with Crippen LogP contribution in [-0.2, 0) is 0 Å². The molecule has 0 saturated carbocycles. The van der Waals surface area contributed by atoms with E-state index < -0.39 is 0 Å². The number of aliphatic hydroxyl groups excluding tert-OH is 1. The lowest BCUT2D eigenvalue weighted by Crippen LogP contribution is -2.42. The Hall–Kier alpha value is -1.22. The molecule has 1 aliphatic heterocycles. The number of β-amino-alcohol motifs (C(OH)–C–C–N with tert-alkyl or cyclic N) is 1. The van der Waals surface area contributed by atoms with Gasteiger partial charge in [0.15, 0.2) is 0 Å². The van der Waals surface area contributed by atoms with Crippen LogP contribution in [0.1, 0.15) is 13.3 Å². The van der Waals surface area contributed by atoms with Crippen LogP contribution in [0, 0.1) is 5.92 Å². The van der Waals surface area contributed by atoms with E-state index in [1.165, 1.54) is 0 Å². The number of aliphatic hydroxyl groups is 1. The summed E-state index contributed by atoms with van der Waals surface area (Å²) in [6.07, 6.45) is 0.816. The summed E-state index contributed by atoms with van der Waals surface area (Å²) in [6.45, 7) is 3.81. The van der Waals surface area contributed by atoms with Crippen molar-refractivity contribution in [3.8, 4) is 0 Å². The first kappa shape index (κ1) is 10.3. The summed E-state index contributed by atoms with van der Waals surface area (Å²) < 4.78 is 0. The number of anilines is 2. The fourth-order valence-corrected chi connectivity index (χ4v) is 2.00. The Balaban J connectivity index is 2.12. The second-order valence-corrected chi connectivity index (χ2v) is 4.37. The third-order valence-corrected chi connectivity index (χ3v) is 3.15. The van der Waals surface area contributed by atoms with Gasteiger partial charge in [-0.05, 0) is 30.5 Å². The standard InChI is InChI=1S/C12H18N2O/c1-9-5-6-14(8-12(9)15)11-4-2-3-10(13)7-11/h2-4,7,9,12,15H,5-6,8,13H2,1H3. The van der Waals surface area contributed by atoms with Crippen LogP contribution >= 0.6 is 0 Å². The molecule has 1 saturated heterocycles. The lowest BCUT2D eigenvalue weighted by molar-refractivity contribution is 0.103. The summed E-state index contributed by atoms with van der Waals surface area (Å²) in [6, 6.07) is 7.84. The van der Waals surface area contributed by atoms with Crippen LogP contribution in [0.15, 0.2) is 24.3 Å². The fraction of sp³-hybridized carbons (Fsp3) is 0.500. The van der Waals surface area contributed by atoms with E-state index in [4.69, 9.17) is 5.73 Å². The topological polar surface area (TPSA) is 49.5 Å².